The summed E-state index contributed by atoms with van der Waals surface area (Å²) in [5.41, 5.74) is 3.35. The maximum Gasteiger partial charge on any atom is 0.165 e. The van der Waals surface area contributed by atoms with E-state index < -0.39 is 13.3 Å². The number of aromatic nitrogens is 6. The van der Waals surface area contributed by atoms with Crippen LogP contribution in [0.4, 0.5) is 11.6 Å². The minimum atomic E-state index is -2.74. The monoisotopic (exact) mass is 451 g/mol. The van der Waals surface area contributed by atoms with Crippen LogP contribution in [-0.4, -0.2) is 60.0 Å². The second-order valence-electron chi connectivity index (χ2n) is 8.27. The predicted molar refractivity (Wildman–Crippen MR) is 128 cm³/mol. The summed E-state index contributed by atoms with van der Waals surface area (Å²) in [6.45, 7) is -0.866. The summed E-state index contributed by atoms with van der Waals surface area (Å²) in [5, 5.41) is 12.2. The molecule has 9 nitrogen and oxygen atoms in total. The van der Waals surface area contributed by atoms with Crippen LogP contribution in [0.3, 0.4) is 0 Å². The van der Waals surface area contributed by atoms with Gasteiger partial charge in [0, 0.05) is 49.5 Å². The molecule has 1 fully saturated rings. The molecule has 5 heterocycles. The topological polar surface area (TPSA) is 85.4 Å². The number of fused-ring (bicyclic) bond motifs is 1. The van der Waals surface area contributed by atoms with E-state index in [2.05, 4.69) is 25.5 Å². The van der Waals surface area contributed by atoms with Crippen molar-refractivity contribution in [3.8, 4) is 17.0 Å². The molecule has 1 atom stereocenters. The molecular weight excluding hydrogens is 416 g/mol. The number of likely N-dealkylation sites (N-methyl/N-ethyl adjacent to an activating group) is 1. The highest BCUT2D eigenvalue weighted by molar-refractivity contribution is 5.72. The Morgan fingerprint density at radius 1 is 1.24 bits per heavy atom. The maximum absolute atomic E-state index is 8.18. The summed E-state index contributed by atoms with van der Waals surface area (Å²) in [6, 6.07) is 7.32. The molecule has 0 radical (unpaired) electrons. The Labute approximate surface area is 200 Å². The van der Waals surface area contributed by atoms with E-state index in [1.807, 2.05) is 51.4 Å². The molecule has 1 saturated heterocycles. The first kappa shape index (κ1) is 16.2. The van der Waals surface area contributed by atoms with Crippen molar-refractivity contribution in [1.82, 2.24) is 34.3 Å². The van der Waals surface area contributed by atoms with Crippen LogP contribution in [0.2, 0.25) is 0 Å². The molecule has 1 aliphatic heterocycles. The average Bonchev–Trinajstić information content (AvgIpc) is 3.53. The van der Waals surface area contributed by atoms with Crippen LogP contribution in [0.25, 0.3) is 16.8 Å². The third-order valence-corrected chi connectivity index (χ3v) is 5.82. The highest BCUT2D eigenvalue weighted by atomic mass is 16.5. The van der Waals surface area contributed by atoms with Crippen LogP contribution in [-0.2, 0) is 7.05 Å². The predicted octanol–water partition coefficient (Wildman–Crippen LogP) is 3.75. The van der Waals surface area contributed by atoms with Gasteiger partial charge >= 0.3 is 0 Å². The first-order valence-corrected chi connectivity index (χ1v) is 10.9. The van der Waals surface area contributed by atoms with Crippen LogP contribution in [0.5, 0.6) is 5.75 Å². The lowest BCUT2D eigenvalue weighted by Crippen LogP contribution is -2.33. The molecule has 0 unspecified atom stereocenters. The quantitative estimate of drug-likeness (QED) is 0.458. The van der Waals surface area contributed by atoms with E-state index in [4.69, 9.17) is 11.6 Å². The number of anilines is 2. The van der Waals surface area contributed by atoms with E-state index in [9.17, 15) is 0 Å². The Balaban J connectivity index is 1.36. The van der Waals surface area contributed by atoms with Crippen molar-refractivity contribution in [2.45, 2.75) is 39.6 Å². The third-order valence-electron chi connectivity index (χ3n) is 5.82. The number of ether oxygens (including phenoxy) is 1. The lowest BCUT2D eigenvalue weighted by atomic mass is 10.1. The van der Waals surface area contributed by atoms with E-state index in [1.165, 1.54) is 4.90 Å². The average molecular weight is 452 g/mol. The molecule has 33 heavy (non-hydrogen) atoms. The van der Waals surface area contributed by atoms with Gasteiger partial charge in [0.25, 0.3) is 0 Å². The number of aryl methyl sites for hydroxylation is 3. The summed E-state index contributed by atoms with van der Waals surface area (Å²) in [6.07, 6.45) is 4.85. The van der Waals surface area contributed by atoms with E-state index in [0.717, 1.165) is 22.5 Å². The number of hydrogen-bond donors (Lipinski definition) is 1. The fraction of sp³-hybridized carbons (Fsp3) is 0.417. The fourth-order valence-corrected chi connectivity index (χ4v) is 4.31. The zero-order valence-electron chi connectivity index (χ0n) is 23.9. The Hall–Kier alpha value is -3.46. The minimum Gasteiger partial charge on any atom is -0.488 e. The molecule has 0 bridgehead atoms. The van der Waals surface area contributed by atoms with Crippen molar-refractivity contribution in [3.63, 3.8) is 0 Å². The molecular formula is C24H30N8O. The lowest BCUT2D eigenvalue weighted by Gasteiger charge is -2.22. The van der Waals surface area contributed by atoms with Crippen molar-refractivity contribution in [1.29, 1.82) is 0 Å². The van der Waals surface area contributed by atoms with Gasteiger partial charge in [-0.15, -0.1) is 0 Å². The van der Waals surface area contributed by atoms with Crippen LogP contribution in [0, 0.1) is 13.8 Å². The largest absolute Gasteiger partial charge is 0.488 e. The molecule has 0 aromatic carbocycles. The summed E-state index contributed by atoms with van der Waals surface area (Å²) in [7, 11) is 1.82. The van der Waals surface area contributed by atoms with Gasteiger partial charge in [-0.1, -0.05) is 6.85 Å². The van der Waals surface area contributed by atoms with E-state index in [0.29, 0.717) is 42.6 Å². The summed E-state index contributed by atoms with van der Waals surface area (Å²) in [5.74, 6) is 2.54. The molecule has 0 saturated carbocycles. The van der Waals surface area contributed by atoms with Crippen molar-refractivity contribution in [3.05, 3.63) is 48.2 Å². The van der Waals surface area contributed by atoms with E-state index in [-0.39, 0.29) is 12.6 Å². The second-order valence-corrected chi connectivity index (χ2v) is 8.27. The standard InChI is InChI=1S/C24H30N8O/c1-5-31-9-6-7-19(31)15-33-21-14-25-30(4)24(21)18-8-10-32-20(12-18)13-23(29-32)28-22-11-16(2)26-17(3)27-22/h8,10-14,19H,5-7,9,15H2,1-4H3,(H,26,27,28,29)/t19-/m1/s1/i1D3,5D2. The Morgan fingerprint density at radius 3 is 3.00 bits per heavy atom. The van der Waals surface area contributed by atoms with Crippen LogP contribution >= 0.6 is 0 Å². The second kappa shape index (κ2) is 8.82. The van der Waals surface area contributed by atoms with Gasteiger partial charge < -0.3 is 10.1 Å². The molecule has 4 aromatic rings. The highest BCUT2D eigenvalue weighted by Crippen LogP contribution is 2.31. The van der Waals surface area contributed by atoms with E-state index in [1.54, 1.807) is 15.4 Å². The van der Waals surface area contributed by atoms with Crippen LogP contribution in [0.15, 0.2) is 36.7 Å². The summed E-state index contributed by atoms with van der Waals surface area (Å²) >= 11 is 0. The Morgan fingerprint density at radius 2 is 2.15 bits per heavy atom. The van der Waals surface area contributed by atoms with Crippen LogP contribution in [0.1, 0.15) is 38.1 Å². The summed E-state index contributed by atoms with van der Waals surface area (Å²) in [4.78, 5) is 10.1. The van der Waals surface area contributed by atoms with Gasteiger partial charge in [-0.05, 0) is 51.9 Å². The number of rotatable bonds is 7. The van der Waals surface area contributed by atoms with Crippen molar-refractivity contribution in [2.75, 3.05) is 25.0 Å². The van der Waals surface area contributed by atoms with Crippen molar-refractivity contribution >= 4 is 17.2 Å². The molecule has 0 aliphatic carbocycles. The van der Waals surface area contributed by atoms with Gasteiger partial charge in [0.05, 0.1) is 11.7 Å². The smallest absolute Gasteiger partial charge is 0.165 e. The fourth-order valence-electron chi connectivity index (χ4n) is 4.31. The van der Waals surface area contributed by atoms with Gasteiger partial charge in [-0.2, -0.15) is 10.2 Å². The third kappa shape index (κ3) is 4.41. The van der Waals surface area contributed by atoms with Gasteiger partial charge in [0.15, 0.2) is 11.6 Å². The van der Waals surface area contributed by atoms with Gasteiger partial charge in [0.1, 0.15) is 23.9 Å². The van der Waals surface area contributed by atoms with Gasteiger partial charge in [-0.25, -0.2) is 14.5 Å². The van der Waals surface area contributed by atoms with Crippen molar-refractivity contribution in [2.24, 2.45) is 7.05 Å². The van der Waals surface area contributed by atoms with Crippen LogP contribution < -0.4 is 10.1 Å². The number of hydrogen-bond acceptors (Lipinski definition) is 7. The first-order valence-electron chi connectivity index (χ1n) is 13.4. The maximum atomic E-state index is 8.18. The molecule has 172 valence electrons. The van der Waals surface area contributed by atoms with Gasteiger partial charge in [0.2, 0.25) is 0 Å². The Kier molecular flexibility index (Phi) is 4.33. The zero-order valence-corrected chi connectivity index (χ0v) is 18.9. The molecule has 0 spiro atoms. The van der Waals surface area contributed by atoms with Gasteiger partial charge in [-0.3, -0.25) is 9.58 Å². The van der Waals surface area contributed by atoms with Crippen molar-refractivity contribution < 1.29 is 11.6 Å². The normalized spacial score (nSPS) is 19.6. The SMILES string of the molecule is [2H]C([2H])([2H])C([2H])([2H])N1CCC[C@@H]1COc1cnn(C)c1-c1ccn2nc(Nc3cc(C)nc(C)n3)cc2c1. The number of nitrogens with one attached hydrogen (secondary N) is 1. The molecule has 5 rings (SSSR count). The first-order chi connectivity index (χ1) is 17.9. The lowest BCUT2D eigenvalue weighted by molar-refractivity contribution is 0.179. The Bertz CT molecular complexity index is 1440. The highest BCUT2D eigenvalue weighted by Gasteiger charge is 2.24. The zero-order chi connectivity index (χ0) is 27.2. The number of likely N-dealkylation sites (tertiary alicyclic amines) is 1. The molecule has 4 aromatic heterocycles. The molecule has 9 heteroatoms. The number of nitrogens with zero attached hydrogens (tertiary/aromatic N) is 7. The molecule has 0 amide bonds. The number of pyridine rings is 1. The summed E-state index contributed by atoms with van der Waals surface area (Å²) < 4.78 is 48.9. The molecule has 1 aliphatic rings. The molecule has 1 N–H and O–H groups in total. The van der Waals surface area contributed by atoms with E-state index >= 15 is 0 Å². The minimum absolute atomic E-state index is 0.162.